The van der Waals surface area contributed by atoms with Crippen LogP contribution in [0.15, 0.2) is 29.3 Å². The Balaban J connectivity index is 0.00000841. The number of imide groups is 1. The smallest absolute Gasteiger partial charge is 0.261 e. The van der Waals surface area contributed by atoms with Crippen LogP contribution >= 0.6 is 12.4 Å². The van der Waals surface area contributed by atoms with E-state index < -0.39 is 23.9 Å². The standard InChI is InChI=1S/C20H31N5O4.ClH/c1-13(2)11-17(21)19(28)25(15(12-26)5-4-10-24-20(22)23)18(27)14-6-8-16(29-3)9-7-14;/h6-9,12-13,15,17H,4-5,10-11,21H2,1-3H3,(H4,22,23,24);1H/t15-,17-;/m0./s1. The third-order valence-corrected chi connectivity index (χ3v) is 4.28. The summed E-state index contributed by atoms with van der Waals surface area (Å²) in [5, 5.41) is 0. The molecule has 0 aliphatic carbocycles. The molecular weight excluding hydrogens is 410 g/mol. The Labute approximate surface area is 183 Å². The fourth-order valence-corrected chi connectivity index (χ4v) is 2.84. The van der Waals surface area contributed by atoms with Crippen molar-refractivity contribution in [3.63, 3.8) is 0 Å². The summed E-state index contributed by atoms with van der Waals surface area (Å²) in [5.41, 5.74) is 16.9. The summed E-state index contributed by atoms with van der Waals surface area (Å²) < 4.78 is 5.09. The van der Waals surface area contributed by atoms with E-state index in [4.69, 9.17) is 21.9 Å². The van der Waals surface area contributed by atoms with Crippen molar-refractivity contribution in [3.05, 3.63) is 29.8 Å². The zero-order chi connectivity index (χ0) is 22.0. The predicted molar refractivity (Wildman–Crippen MR) is 119 cm³/mol. The maximum atomic E-state index is 13.1. The van der Waals surface area contributed by atoms with Gasteiger partial charge in [-0.1, -0.05) is 13.8 Å². The van der Waals surface area contributed by atoms with E-state index in [1.54, 1.807) is 12.1 Å². The molecule has 0 saturated carbocycles. The normalized spacial score (nSPS) is 12.3. The Kier molecular flexibility index (Phi) is 12.4. The molecule has 0 unspecified atom stereocenters. The molecule has 0 aromatic heterocycles. The molecule has 2 amide bonds. The molecule has 0 aliphatic heterocycles. The van der Waals surface area contributed by atoms with Gasteiger partial charge in [-0.2, -0.15) is 0 Å². The molecule has 30 heavy (non-hydrogen) atoms. The molecule has 6 N–H and O–H groups in total. The maximum Gasteiger partial charge on any atom is 0.261 e. The Hall–Kier alpha value is -2.65. The third-order valence-electron chi connectivity index (χ3n) is 4.28. The Morgan fingerprint density at radius 1 is 1.20 bits per heavy atom. The van der Waals surface area contributed by atoms with Crippen molar-refractivity contribution in [3.8, 4) is 5.75 Å². The van der Waals surface area contributed by atoms with Crippen LogP contribution in [0.1, 0.15) is 43.5 Å². The van der Waals surface area contributed by atoms with Gasteiger partial charge in [0.25, 0.3) is 5.91 Å². The van der Waals surface area contributed by atoms with E-state index in [1.807, 2.05) is 13.8 Å². The van der Waals surface area contributed by atoms with Crippen LogP contribution in [0, 0.1) is 5.92 Å². The maximum absolute atomic E-state index is 13.1. The number of ether oxygens (including phenoxy) is 1. The number of hydrogen-bond donors (Lipinski definition) is 3. The quantitative estimate of drug-likeness (QED) is 0.201. The van der Waals surface area contributed by atoms with Gasteiger partial charge in [0.2, 0.25) is 5.91 Å². The number of amides is 2. The average Bonchev–Trinajstić information content (AvgIpc) is 2.68. The van der Waals surface area contributed by atoms with Crippen molar-refractivity contribution in [2.45, 2.75) is 45.2 Å². The van der Waals surface area contributed by atoms with Crippen LogP contribution in [-0.2, 0) is 9.59 Å². The molecule has 0 spiro atoms. The lowest BCUT2D eigenvalue weighted by molar-refractivity contribution is -0.135. The molecule has 0 aliphatic rings. The minimum Gasteiger partial charge on any atom is -0.497 e. The van der Waals surface area contributed by atoms with Crippen LogP contribution in [0.5, 0.6) is 5.75 Å². The van der Waals surface area contributed by atoms with Crippen molar-refractivity contribution >= 4 is 36.5 Å². The van der Waals surface area contributed by atoms with E-state index in [-0.39, 0.29) is 42.8 Å². The first-order valence-electron chi connectivity index (χ1n) is 9.49. The molecule has 9 nitrogen and oxygen atoms in total. The fraction of sp³-hybridized carbons (Fsp3) is 0.500. The van der Waals surface area contributed by atoms with Gasteiger partial charge in [-0.05, 0) is 49.4 Å². The number of aldehydes is 1. The van der Waals surface area contributed by atoms with Crippen molar-refractivity contribution in [2.75, 3.05) is 13.7 Å². The van der Waals surface area contributed by atoms with E-state index in [0.29, 0.717) is 24.9 Å². The van der Waals surface area contributed by atoms with Crippen LogP contribution in [0.2, 0.25) is 0 Å². The van der Waals surface area contributed by atoms with Gasteiger partial charge < -0.3 is 26.7 Å². The largest absolute Gasteiger partial charge is 0.497 e. The van der Waals surface area contributed by atoms with Gasteiger partial charge in [0.05, 0.1) is 19.2 Å². The highest BCUT2D eigenvalue weighted by atomic mass is 35.5. The summed E-state index contributed by atoms with van der Waals surface area (Å²) in [7, 11) is 1.51. The van der Waals surface area contributed by atoms with Crippen LogP contribution in [-0.4, -0.2) is 54.7 Å². The molecule has 0 bridgehead atoms. The van der Waals surface area contributed by atoms with Crippen molar-refractivity contribution in [1.29, 1.82) is 0 Å². The van der Waals surface area contributed by atoms with E-state index in [1.165, 1.54) is 19.2 Å². The molecule has 0 radical (unpaired) electrons. The van der Waals surface area contributed by atoms with Crippen molar-refractivity contribution < 1.29 is 19.1 Å². The summed E-state index contributed by atoms with van der Waals surface area (Å²) in [5.74, 6) is -0.508. The van der Waals surface area contributed by atoms with Gasteiger partial charge >= 0.3 is 0 Å². The zero-order valence-corrected chi connectivity index (χ0v) is 18.4. The Morgan fingerprint density at radius 3 is 2.27 bits per heavy atom. The van der Waals surface area contributed by atoms with Gasteiger partial charge in [-0.25, -0.2) is 0 Å². The number of methoxy groups -OCH3 is 1. The SMILES string of the molecule is COc1ccc(C(=O)N(C(=O)[C@@H](N)CC(C)C)[C@H](C=O)CCCN=C(N)N)cc1.Cl. The van der Waals surface area contributed by atoms with E-state index in [2.05, 4.69) is 4.99 Å². The molecule has 1 aromatic rings. The van der Waals surface area contributed by atoms with E-state index in [0.717, 1.165) is 4.90 Å². The molecule has 168 valence electrons. The molecule has 10 heteroatoms. The van der Waals surface area contributed by atoms with Crippen LogP contribution in [0.3, 0.4) is 0 Å². The minimum absolute atomic E-state index is 0. The number of hydrogen-bond acceptors (Lipinski definition) is 6. The third kappa shape index (κ3) is 8.38. The number of rotatable bonds is 11. The van der Waals surface area contributed by atoms with Crippen molar-refractivity contribution in [2.24, 2.45) is 28.1 Å². The van der Waals surface area contributed by atoms with Crippen LogP contribution in [0.4, 0.5) is 0 Å². The number of nitrogens with two attached hydrogens (primary N) is 3. The number of halogens is 1. The molecule has 0 heterocycles. The lowest BCUT2D eigenvalue weighted by Gasteiger charge is -2.29. The number of carbonyl (C=O) groups excluding carboxylic acids is 3. The minimum atomic E-state index is -0.968. The number of aliphatic imine (C=N–C) groups is 1. The summed E-state index contributed by atoms with van der Waals surface area (Å²) in [6.07, 6.45) is 1.62. The Bertz CT molecular complexity index is 720. The Morgan fingerprint density at radius 2 is 1.80 bits per heavy atom. The van der Waals surface area contributed by atoms with Gasteiger partial charge in [0.15, 0.2) is 5.96 Å². The van der Waals surface area contributed by atoms with Gasteiger partial charge in [-0.3, -0.25) is 19.5 Å². The highest BCUT2D eigenvalue weighted by molar-refractivity contribution is 6.07. The van der Waals surface area contributed by atoms with E-state index >= 15 is 0 Å². The fourth-order valence-electron chi connectivity index (χ4n) is 2.84. The number of carbonyl (C=O) groups is 3. The van der Waals surface area contributed by atoms with Gasteiger partial charge in [0.1, 0.15) is 12.0 Å². The second-order valence-corrected chi connectivity index (χ2v) is 7.13. The molecule has 1 rings (SSSR count). The first kappa shape index (κ1) is 27.4. The summed E-state index contributed by atoms with van der Waals surface area (Å²) in [4.78, 5) is 42.7. The molecule has 2 atom stereocenters. The van der Waals surface area contributed by atoms with Crippen molar-refractivity contribution in [1.82, 2.24) is 4.90 Å². The van der Waals surface area contributed by atoms with Gasteiger partial charge in [0, 0.05) is 12.1 Å². The molecule has 0 fully saturated rings. The van der Waals surface area contributed by atoms with Crippen LogP contribution < -0.4 is 21.9 Å². The van der Waals surface area contributed by atoms with Gasteiger partial charge in [-0.15, -0.1) is 12.4 Å². The monoisotopic (exact) mass is 441 g/mol. The summed E-state index contributed by atoms with van der Waals surface area (Å²) in [6.45, 7) is 4.13. The lowest BCUT2D eigenvalue weighted by Crippen LogP contribution is -2.52. The lowest BCUT2D eigenvalue weighted by atomic mass is 10.0. The number of benzene rings is 1. The second kappa shape index (κ2) is 13.6. The second-order valence-electron chi connectivity index (χ2n) is 7.13. The average molecular weight is 442 g/mol. The van der Waals surface area contributed by atoms with E-state index in [9.17, 15) is 14.4 Å². The first-order valence-corrected chi connectivity index (χ1v) is 9.49. The molecule has 0 saturated heterocycles. The number of nitrogens with zero attached hydrogens (tertiary/aromatic N) is 2. The highest BCUT2D eigenvalue weighted by Gasteiger charge is 2.33. The summed E-state index contributed by atoms with van der Waals surface area (Å²) >= 11 is 0. The predicted octanol–water partition coefficient (Wildman–Crippen LogP) is 1.08. The molecular formula is C20H32ClN5O4. The first-order chi connectivity index (χ1) is 13.7. The number of guanidine groups is 1. The topological polar surface area (TPSA) is 154 Å². The molecule has 1 aromatic carbocycles. The summed E-state index contributed by atoms with van der Waals surface area (Å²) in [6, 6.07) is 4.44. The van der Waals surface area contributed by atoms with Crippen LogP contribution in [0.25, 0.3) is 0 Å². The highest BCUT2D eigenvalue weighted by Crippen LogP contribution is 2.18. The zero-order valence-electron chi connectivity index (χ0n) is 17.6.